The van der Waals surface area contributed by atoms with Gasteiger partial charge in [-0.3, -0.25) is 14.4 Å². The number of allylic oxidation sites excluding steroid dienone is 1. The van der Waals surface area contributed by atoms with Crippen molar-refractivity contribution in [3.05, 3.63) is 45.6 Å². The number of rotatable bonds is 4. The highest BCUT2D eigenvalue weighted by atomic mass is 35.5. The average Bonchev–Trinajstić information content (AvgIpc) is 3.25. The molecule has 0 saturated heterocycles. The molecule has 0 radical (unpaired) electrons. The summed E-state index contributed by atoms with van der Waals surface area (Å²) in [5.74, 6) is -0.789. The SMILES string of the molecule is COc1cc(OC)c2c(c1Cl)OC1(C(=O)C3=C(CC1C)NC(=O)CC3c1cc(OC)c3c(c1)OCCO3)C2=O. The Morgan fingerprint density at radius 2 is 1.62 bits per heavy atom. The maximum absolute atomic E-state index is 14.5. The van der Waals surface area contributed by atoms with Crippen LogP contribution in [0.15, 0.2) is 29.5 Å². The van der Waals surface area contributed by atoms with Crippen LogP contribution in [-0.2, 0) is 9.59 Å². The first-order chi connectivity index (χ1) is 18.7. The molecule has 0 saturated carbocycles. The van der Waals surface area contributed by atoms with Gasteiger partial charge in [0.05, 0.1) is 21.3 Å². The predicted octanol–water partition coefficient (Wildman–Crippen LogP) is 3.62. The van der Waals surface area contributed by atoms with E-state index in [4.69, 9.17) is 40.0 Å². The average molecular weight is 556 g/mol. The summed E-state index contributed by atoms with van der Waals surface area (Å²) in [7, 11) is 4.35. The fourth-order valence-corrected chi connectivity index (χ4v) is 6.23. The minimum absolute atomic E-state index is 0.0170. The number of benzene rings is 2. The highest BCUT2D eigenvalue weighted by Gasteiger charge is 2.63. The molecule has 3 heterocycles. The van der Waals surface area contributed by atoms with Gasteiger partial charge in [-0.25, -0.2) is 0 Å². The zero-order valence-electron chi connectivity index (χ0n) is 21.8. The summed E-state index contributed by atoms with van der Waals surface area (Å²) in [5, 5.41) is 2.93. The first-order valence-corrected chi connectivity index (χ1v) is 12.9. The van der Waals surface area contributed by atoms with E-state index in [1.54, 1.807) is 19.1 Å². The van der Waals surface area contributed by atoms with Gasteiger partial charge in [0.15, 0.2) is 17.2 Å². The van der Waals surface area contributed by atoms with E-state index in [2.05, 4.69) is 5.32 Å². The molecule has 11 heteroatoms. The molecule has 3 aliphatic heterocycles. The zero-order chi connectivity index (χ0) is 27.6. The Hall–Kier alpha value is -3.92. The summed E-state index contributed by atoms with van der Waals surface area (Å²) >= 11 is 6.55. The quantitative estimate of drug-likeness (QED) is 0.564. The molecule has 6 rings (SSSR count). The van der Waals surface area contributed by atoms with Gasteiger partial charge in [0.1, 0.15) is 35.3 Å². The molecule has 1 N–H and O–H groups in total. The van der Waals surface area contributed by atoms with Crippen LogP contribution < -0.4 is 33.7 Å². The highest BCUT2D eigenvalue weighted by Crippen LogP contribution is 2.56. The minimum Gasteiger partial charge on any atom is -0.496 e. The van der Waals surface area contributed by atoms with Crippen molar-refractivity contribution in [2.24, 2.45) is 5.92 Å². The number of ketones is 2. The van der Waals surface area contributed by atoms with Gasteiger partial charge >= 0.3 is 0 Å². The molecule has 204 valence electrons. The summed E-state index contributed by atoms with van der Waals surface area (Å²) in [6.07, 6.45) is 0.207. The van der Waals surface area contributed by atoms with Crippen LogP contribution in [0.25, 0.3) is 0 Å². The van der Waals surface area contributed by atoms with Gasteiger partial charge in [-0.05, 0) is 24.1 Å². The minimum atomic E-state index is -1.89. The Bertz CT molecular complexity index is 1460. The second kappa shape index (κ2) is 9.08. The lowest BCUT2D eigenvalue weighted by Gasteiger charge is -2.41. The molecule has 3 unspecified atom stereocenters. The van der Waals surface area contributed by atoms with Crippen molar-refractivity contribution in [2.75, 3.05) is 34.5 Å². The molecule has 3 atom stereocenters. The second-order valence-corrected chi connectivity index (χ2v) is 10.2. The normalized spacial score (nSPS) is 25.1. The largest absolute Gasteiger partial charge is 0.496 e. The molecule has 2 aromatic rings. The molecule has 2 aromatic carbocycles. The van der Waals surface area contributed by atoms with E-state index in [9.17, 15) is 14.4 Å². The van der Waals surface area contributed by atoms with Crippen molar-refractivity contribution < 1.29 is 42.8 Å². The number of halogens is 1. The van der Waals surface area contributed by atoms with Gasteiger partial charge < -0.3 is 33.7 Å². The first kappa shape index (κ1) is 25.4. The number of hydrogen-bond acceptors (Lipinski definition) is 9. The molecule has 39 heavy (non-hydrogen) atoms. The smallest absolute Gasteiger partial charge is 0.236 e. The number of hydrogen-bond donors (Lipinski definition) is 1. The Balaban J connectivity index is 1.49. The van der Waals surface area contributed by atoms with Gasteiger partial charge in [0.25, 0.3) is 0 Å². The number of carbonyl (C=O) groups excluding carboxylic acids is 3. The van der Waals surface area contributed by atoms with Crippen LogP contribution in [0.2, 0.25) is 5.02 Å². The summed E-state index contributed by atoms with van der Waals surface area (Å²) in [4.78, 5) is 41.4. The molecule has 4 aliphatic rings. The maximum Gasteiger partial charge on any atom is 0.236 e. The maximum atomic E-state index is 14.5. The molecule has 1 amide bonds. The van der Waals surface area contributed by atoms with Crippen molar-refractivity contribution in [2.45, 2.75) is 31.3 Å². The first-order valence-electron chi connectivity index (χ1n) is 12.5. The predicted molar refractivity (Wildman–Crippen MR) is 138 cm³/mol. The van der Waals surface area contributed by atoms with E-state index in [1.807, 2.05) is 0 Å². The van der Waals surface area contributed by atoms with Crippen molar-refractivity contribution in [3.63, 3.8) is 0 Å². The molecule has 10 nitrogen and oxygen atoms in total. The summed E-state index contributed by atoms with van der Waals surface area (Å²) in [6, 6.07) is 4.98. The monoisotopic (exact) mass is 555 g/mol. The van der Waals surface area contributed by atoms with E-state index in [-0.39, 0.29) is 46.6 Å². The topological polar surface area (TPSA) is 119 Å². The molecular weight excluding hydrogens is 530 g/mol. The lowest BCUT2D eigenvalue weighted by atomic mass is 9.66. The van der Waals surface area contributed by atoms with Gasteiger partial charge in [-0.1, -0.05) is 18.5 Å². The lowest BCUT2D eigenvalue weighted by molar-refractivity contribution is -0.131. The second-order valence-electron chi connectivity index (χ2n) is 9.84. The van der Waals surface area contributed by atoms with E-state index in [0.717, 1.165) is 0 Å². The van der Waals surface area contributed by atoms with Gasteiger partial charge in [-0.2, -0.15) is 0 Å². The van der Waals surface area contributed by atoms with E-state index in [0.29, 0.717) is 47.3 Å². The van der Waals surface area contributed by atoms with E-state index >= 15 is 0 Å². The van der Waals surface area contributed by atoms with Crippen molar-refractivity contribution in [1.29, 1.82) is 0 Å². The summed E-state index contributed by atoms with van der Waals surface area (Å²) in [5.41, 5.74) is -0.407. The molecule has 0 fully saturated rings. The van der Waals surface area contributed by atoms with Crippen LogP contribution in [-0.4, -0.2) is 57.6 Å². The number of nitrogens with one attached hydrogen (secondary N) is 1. The third kappa shape index (κ3) is 3.50. The summed E-state index contributed by atoms with van der Waals surface area (Å²) < 4.78 is 34.1. The van der Waals surface area contributed by atoms with Crippen LogP contribution in [0.3, 0.4) is 0 Å². The fourth-order valence-electron chi connectivity index (χ4n) is 5.97. The third-order valence-corrected chi connectivity index (χ3v) is 8.17. The highest BCUT2D eigenvalue weighted by molar-refractivity contribution is 6.36. The Morgan fingerprint density at radius 1 is 0.897 bits per heavy atom. The molecule has 1 aliphatic carbocycles. The molecule has 0 bridgehead atoms. The Morgan fingerprint density at radius 3 is 2.33 bits per heavy atom. The van der Waals surface area contributed by atoms with Gasteiger partial charge in [0, 0.05) is 35.6 Å². The number of methoxy groups -OCH3 is 3. The Labute approximate surface area is 229 Å². The van der Waals surface area contributed by atoms with Gasteiger partial charge in [0.2, 0.25) is 28.8 Å². The van der Waals surface area contributed by atoms with Crippen molar-refractivity contribution in [1.82, 2.24) is 5.32 Å². The van der Waals surface area contributed by atoms with Crippen LogP contribution in [0.4, 0.5) is 0 Å². The fraction of sp³-hybridized carbons (Fsp3) is 0.393. The number of ether oxygens (including phenoxy) is 6. The zero-order valence-corrected chi connectivity index (χ0v) is 22.5. The molecular formula is C28H26ClNO9. The number of amides is 1. The van der Waals surface area contributed by atoms with E-state index in [1.165, 1.54) is 27.4 Å². The van der Waals surface area contributed by atoms with Gasteiger partial charge in [-0.15, -0.1) is 0 Å². The standard InChI is InChI=1S/C28H26ClNO9/c1-12-7-15-21(14(10-20(31)30-15)13-8-18(36-4)24-19(9-13)37-5-6-38-24)26(32)28(12)27(33)22-16(34-2)11-17(35-3)23(29)25(22)39-28/h8-9,11-12,14H,5-7,10H2,1-4H3,(H,30,31). The van der Waals surface area contributed by atoms with Crippen LogP contribution in [0.5, 0.6) is 34.5 Å². The van der Waals surface area contributed by atoms with Crippen LogP contribution in [0.1, 0.15) is 41.6 Å². The molecule has 1 spiro atoms. The third-order valence-electron chi connectivity index (χ3n) is 7.81. The molecule has 0 aromatic heterocycles. The van der Waals surface area contributed by atoms with Crippen molar-refractivity contribution >= 4 is 29.1 Å². The lowest BCUT2D eigenvalue weighted by Crippen LogP contribution is -2.59. The number of Topliss-reactive ketones (excluding diaryl/α,β-unsaturated/α-hetero) is 2. The number of fused-ring (bicyclic) bond motifs is 2. The number of carbonyl (C=O) groups is 3. The summed E-state index contributed by atoms with van der Waals surface area (Å²) in [6.45, 7) is 2.47. The van der Waals surface area contributed by atoms with Crippen molar-refractivity contribution in [3.8, 4) is 34.5 Å². The Kier molecular flexibility index (Phi) is 5.91. The van der Waals surface area contributed by atoms with E-state index < -0.39 is 29.0 Å². The van der Waals surface area contributed by atoms with Crippen LogP contribution >= 0.6 is 11.6 Å². The van der Waals surface area contributed by atoms with Crippen LogP contribution in [0, 0.1) is 5.92 Å².